The van der Waals surface area contributed by atoms with Crippen LogP contribution in [0.25, 0.3) is 0 Å². The lowest BCUT2D eigenvalue weighted by molar-refractivity contribution is -0.0513. The molecule has 0 saturated heterocycles. The van der Waals surface area contributed by atoms with Crippen molar-refractivity contribution in [3.05, 3.63) is 29.3 Å². The summed E-state index contributed by atoms with van der Waals surface area (Å²) >= 11 is 0. The summed E-state index contributed by atoms with van der Waals surface area (Å²) in [5, 5.41) is 0. The number of halogens is 2. The normalized spacial score (nSPS) is 22.9. The van der Waals surface area contributed by atoms with Gasteiger partial charge in [0, 0.05) is 16.5 Å². The van der Waals surface area contributed by atoms with Crippen LogP contribution in [0.1, 0.15) is 36.8 Å². The van der Waals surface area contributed by atoms with Crippen molar-refractivity contribution in [2.45, 2.75) is 50.2 Å². The minimum Gasteiger partial charge on any atom is -0.434 e. The summed E-state index contributed by atoms with van der Waals surface area (Å²) < 4.78 is 29.8. The summed E-state index contributed by atoms with van der Waals surface area (Å²) in [6, 6.07) is 5.59. The van der Waals surface area contributed by atoms with Gasteiger partial charge in [0.15, 0.2) is 0 Å². The topological polar surface area (TPSA) is 35.2 Å². The molecule has 1 aromatic rings. The monoisotopic (exact) mass is 253 g/mol. The van der Waals surface area contributed by atoms with Crippen LogP contribution < -0.4 is 10.5 Å². The van der Waals surface area contributed by atoms with E-state index in [-0.39, 0.29) is 11.0 Å². The molecule has 2 saturated carbocycles. The standard InChI is InChI=1S/C14H17F2NO/c1-9-3-2-4-10(11(9)18-12(15)16)13(5-6-13)14(17)7-8-14/h2-4,12H,5-8,17H2,1H3. The number of alkyl halides is 2. The average Bonchev–Trinajstić information content (AvgIpc) is 3.16. The van der Waals surface area contributed by atoms with E-state index in [1.54, 1.807) is 13.0 Å². The molecule has 2 fully saturated rings. The molecule has 0 radical (unpaired) electrons. The Morgan fingerprint density at radius 1 is 1.22 bits per heavy atom. The largest absolute Gasteiger partial charge is 0.434 e. The summed E-state index contributed by atoms with van der Waals surface area (Å²) in [6.45, 7) is -0.985. The predicted molar refractivity (Wildman–Crippen MR) is 64.9 cm³/mol. The zero-order chi connectivity index (χ0) is 13.0. The van der Waals surface area contributed by atoms with E-state index in [1.165, 1.54) is 0 Å². The molecular weight excluding hydrogens is 236 g/mol. The van der Waals surface area contributed by atoms with Crippen molar-refractivity contribution >= 4 is 0 Å². The lowest BCUT2D eigenvalue weighted by Crippen LogP contribution is -2.37. The molecule has 2 aliphatic rings. The minimum atomic E-state index is -2.78. The van der Waals surface area contributed by atoms with Crippen LogP contribution in [-0.2, 0) is 5.41 Å². The van der Waals surface area contributed by atoms with Gasteiger partial charge in [-0.05, 0) is 38.2 Å². The van der Waals surface area contributed by atoms with Crippen LogP contribution in [-0.4, -0.2) is 12.2 Å². The maximum absolute atomic E-state index is 12.5. The first-order chi connectivity index (χ1) is 8.48. The fourth-order valence-electron chi connectivity index (χ4n) is 3.05. The third-order valence-electron chi connectivity index (χ3n) is 4.43. The molecule has 0 unspecified atom stereocenters. The van der Waals surface area contributed by atoms with Gasteiger partial charge in [0.05, 0.1) is 0 Å². The second-order valence-electron chi connectivity index (χ2n) is 5.57. The summed E-state index contributed by atoms with van der Waals surface area (Å²) in [7, 11) is 0. The van der Waals surface area contributed by atoms with E-state index >= 15 is 0 Å². The molecule has 2 aliphatic carbocycles. The van der Waals surface area contributed by atoms with Gasteiger partial charge in [-0.25, -0.2) is 0 Å². The molecule has 18 heavy (non-hydrogen) atoms. The minimum absolute atomic E-state index is 0.122. The Balaban J connectivity index is 2.04. The van der Waals surface area contributed by atoms with Crippen LogP contribution in [0, 0.1) is 6.92 Å². The number of nitrogens with two attached hydrogens (primary N) is 1. The van der Waals surface area contributed by atoms with Gasteiger partial charge in [-0.3, -0.25) is 0 Å². The number of ether oxygens (including phenoxy) is 1. The molecule has 1 aromatic carbocycles. The van der Waals surface area contributed by atoms with E-state index in [4.69, 9.17) is 10.5 Å². The third kappa shape index (κ3) is 1.62. The molecule has 0 aromatic heterocycles. The molecule has 2 N–H and O–H groups in total. The van der Waals surface area contributed by atoms with Crippen molar-refractivity contribution in [2.24, 2.45) is 5.73 Å². The van der Waals surface area contributed by atoms with Gasteiger partial charge >= 0.3 is 6.61 Å². The van der Waals surface area contributed by atoms with Crippen molar-refractivity contribution < 1.29 is 13.5 Å². The van der Waals surface area contributed by atoms with Crippen molar-refractivity contribution in [3.63, 3.8) is 0 Å². The van der Waals surface area contributed by atoms with Crippen LogP contribution in [0.5, 0.6) is 5.75 Å². The Labute approximate surface area is 105 Å². The quantitative estimate of drug-likeness (QED) is 0.894. The molecule has 0 heterocycles. The Hall–Kier alpha value is -1.16. The van der Waals surface area contributed by atoms with Gasteiger partial charge < -0.3 is 10.5 Å². The van der Waals surface area contributed by atoms with Crippen molar-refractivity contribution in [1.29, 1.82) is 0 Å². The van der Waals surface area contributed by atoms with Crippen molar-refractivity contribution in [3.8, 4) is 5.75 Å². The molecular formula is C14H17F2NO. The van der Waals surface area contributed by atoms with Crippen LogP contribution in [0.15, 0.2) is 18.2 Å². The number of hydrogen-bond donors (Lipinski definition) is 1. The van der Waals surface area contributed by atoms with Gasteiger partial charge in [-0.2, -0.15) is 8.78 Å². The summed E-state index contributed by atoms with van der Waals surface area (Å²) in [6.07, 6.45) is 3.92. The van der Waals surface area contributed by atoms with E-state index in [0.717, 1.165) is 36.8 Å². The Bertz CT molecular complexity index is 479. The highest BCUT2D eigenvalue weighted by atomic mass is 19.3. The van der Waals surface area contributed by atoms with Crippen LogP contribution in [0.3, 0.4) is 0 Å². The number of benzene rings is 1. The first-order valence-corrected chi connectivity index (χ1v) is 6.32. The van der Waals surface area contributed by atoms with Crippen LogP contribution in [0.4, 0.5) is 8.78 Å². The maximum Gasteiger partial charge on any atom is 0.387 e. The summed E-state index contributed by atoms with van der Waals surface area (Å²) in [5.41, 5.74) is 7.64. The molecule has 0 amide bonds. The number of para-hydroxylation sites is 1. The summed E-state index contributed by atoms with van der Waals surface area (Å²) in [5.74, 6) is 0.335. The maximum atomic E-state index is 12.5. The molecule has 98 valence electrons. The zero-order valence-corrected chi connectivity index (χ0v) is 10.4. The van der Waals surface area contributed by atoms with Crippen LogP contribution in [0.2, 0.25) is 0 Å². The number of rotatable bonds is 4. The lowest BCUT2D eigenvalue weighted by Gasteiger charge is -2.26. The van der Waals surface area contributed by atoms with Crippen LogP contribution >= 0.6 is 0 Å². The molecule has 0 aliphatic heterocycles. The van der Waals surface area contributed by atoms with E-state index in [1.807, 2.05) is 12.1 Å². The third-order valence-corrected chi connectivity index (χ3v) is 4.43. The molecule has 0 spiro atoms. The SMILES string of the molecule is Cc1cccc(C2(C3(N)CC3)CC2)c1OC(F)F. The second kappa shape index (κ2) is 3.67. The van der Waals surface area contributed by atoms with Gasteiger partial charge in [-0.1, -0.05) is 18.2 Å². The van der Waals surface area contributed by atoms with Gasteiger partial charge in [-0.15, -0.1) is 0 Å². The van der Waals surface area contributed by atoms with E-state index in [0.29, 0.717) is 5.75 Å². The van der Waals surface area contributed by atoms with E-state index < -0.39 is 6.61 Å². The molecule has 0 atom stereocenters. The van der Waals surface area contributed by atoms with Crippen molar-refractivity contribution in [2.75, 3.05) is 0 Å². The summed E-state index contributed by atoms with van der Waals surface area (Å²) in [4.78, 5) is 0. The number of aryl methyl sites for hydroxylation is 1. The van der Waals surface area contributed by atoms with Gasteiger partial charge in [0.1, 0.15) is 5.75 Å². The Morgan fingerprint density at radius 2 is 1.89 bits per heavy atom. The zero-order valence-electron chi connectivity index (χ0n) is 10.4. The van der Waals surface area contributed by atoms with E-state index in [2.05, 4.69) is 0 Å². The molecule has 3 rings (SSSR count). The highest BCUT2D eigenvalue weighted by molar-refractivity contribution is 5.52. The number of hydrogen-bond acceptors (Lipinski definition) is 2. The second-order valence-corrected chi connectivity index (χ2v) is 5.57. The fourth-order valence-corrected chi connectivity index (χ4v) is 3.05. The fraction of sp³-hybridized carbons (Fsp3) is 0.571. The molecule has 0 bridgehead atoms. The smallest absolute Gasteiger partial charge is 0.387 e. The Morgan fingerprint density at radius 3 is 2.39 bits per heavy atom. The highest BCUT2D eigenvalue weighted by Crippen LogP contribution is 2.65. The first kappa shape index (κ1) is 11.9. The van der Waals surface area contributed by atoms with Gasteiger partial charge in [0.2, 0.25) is 0 Å². The molecule has 2 nitrogen and oxygen atoms in total. The van der Waals surface area contributed by atoms with Gasteiger partial charge in [0.25, 0.3) is 0 Å². The van der Waals surface area contributed by atoms with E-state index in [9.17, 15) is 8.78 Å². The predicted octanol–water partition coefficient (Wildman–Crippen LogP) is 3.12. The first-order valence-electron chi connectivity index (χ1n) is 6.32. The molecule has 4 heteroatoms. The lowest BCUT2D eigenvalue weighted by atomic mass is 9.84. The van der Waals surface area contributed by atoms with Crippen molar-refractivity contribution in [1.82, 2.24) is 0 Å². The average molecular weight is 253 g/mol. The Kier molecular flexibility index (Phi) is 2.43. The highest BCUT2D eigenvalue weighted by Gasteiger charge is 2.65.